The lowest BCUT2D eigenvalue weighted by Gasteiger charge is -2.05. The number of hydrogen-bond acceptors (Lipinski definition) is 7. The minimum Gasteiger partial charge on any atom is -0.298 e. The minimum absolute atomic E-state index is 0.270. The van der Waals surface area contributed by atoms with Crippen LogP contribution < -0.4 is 10.0 Å². The van der Waals surface area contributed by atoms with Gasteiger partial charge in [-0.1, -0.05) is 12.1 Å². The average molecular weight is 441 g/mol. The van der Waals surface area contributed by atoms with Gasteiger partial charge in [-0.3, -0.25) is 14.8 Å². The Labute approximate surface area is 176 Å². The van der Waals surface area contributed by atoms with Gasteiger partial charge in [0.1, 0.15) is 12.7 Å². The van der Waals surface area contributed by atoms with Crippen molar-refractivity contribution in [1.82, 2.24) is 19.7 Å². The maximum atomic E-state index is 12.5. The fourth-order valence-corrected chi connectivity index (χ4v) is 3.94. The van der Waals surface area contributed by atoms with Crippen LogP contribution in [0.2, 0.25) is 0 Å². The van der Waals surface area contributed by atoms with Gasteiger partial charge in [0.2, 0.25) is 10.0 Å². The van der Waals surface area contributed by atoms with Crippen LogP contribution in [-0.4, -0.2) is 40.3 Å². The minimum atomic E-state index is -3.32. The second-order valence-electron chi connectivity index (χ2n) is 6.33. The number of carbonyl (C=O) groups excluding carboxylic acids is 1. The number of carbonyl (C=O) groups is 1. The van der Waals surface area contributed by atoms with Gasteiger partial charge in [0.05, 0.1) is 17.6 Å². The molecule has 2 aromatic carbocycles. The molecule has 0 saturated carbocycles. The zero-order valence-electron chi connectivity index (χ0n) is 15.7. The lowest BCUT2D eigenvalue weighted by Crippen LogP contribution is -2.11. The number of thiazole rings is 1. The number of aromatic nitrogens is 4. The van der Waals surface area contributed by atoms with E-state index in [0.717, 1.165) is 17.5 Å². The maximum Gasteiger partial charge on any atom is 0.257 e. The van der Waals surface area contributed by atoms with Crippen LogP contribution in [0, 0.1) is 0 Å². The summed E-state index contributed by atoms with van der Waals surface area (Å²) in [5, 5.41) is 9.12. The maximum absolute atomic E-state index is 12.5. The predicted octanol–water partition coefficient (Wildman–Crippen LogP) is 3.01. The summed E-state index contributed by atoms with van der Waals surface area (Å²) in [6.07, 6.45) is 4.12. The molecular formula is C19H16N6O3S2. The molecule has 4 aromatic rings. The SMILES string of the molecule is CS(=O)(=O)Nc1ccc(-c2csc(NC(=O)c3ccc(-n4cncn4)cc3)n2)cc1. The number of sulfonamides is 1. The summed E-state index contributed by atoms with van der Waals surface area (Å²) in [5.74, 6) is -0.270. The van der Waals surface area contributed by atoms with Crippen molar-refractivity contribution < 1.29 is 13.2 Å². The Morgan fingerprint density at radius 1 is 1.07 bits per heavy atom. The molecule has 2 aromatic heterocycles. The molecule has 30 heavy (non-hydrogen) atoms. The van der Waals surface area contributed by atoms with Gasteiger partial charge >= 0.3 is 0 Å². The third-order valence-electron chi connectivity index (χ3n) is 4.02. The van der Waals surface area contributed by atoms with E-state index < -0.39 is 10.0 Å². The van der Waals surface area contributed by atoms with E-state index in [1.165, 1.54) is 17.7 Å². The van der Waals surface area contributed by atoms with Gasteiger partial charge in [0, 0.05) is 22.2 Å². The molecule has 0 saturated heterocycles. The summed E-state index contributed by atoms with van der Waals surface area (Å²) in [6, 6.07) is 13.8. The van der Waals surface area contributed by atoms with E-state index in [-0.39, 0.29) is 5.91 Å². The fourth-order valence-electron chi connectivity index (χ4n) is 2.66. The molecule has 1 amide bonds. The van der Waals surface area contributed by atoms with E-state index in [0.29, 0.717) is 22.1 Å². The molecule has 152 valence electrons. The van der Waals surface area contributed by atoms with E-state index in [4.69, 9.17) is 0 Å². The molecule has 2 N–H and O–H groups in total. The summed E-state index contributed by atoms with van der Waals surface area (Å²) < 4.78 is 26.6. The molecule has 0 aliphatic carbocycles. The normalized spacial score (nSPS) is 11.2. The summed E-state index contributed by atoms with van der Waals surface area (Å²) >= 11 is 1.31. The Hall–Kier alpha value is -3.57. The summed E-state index contributed by atoms with van der Waals surface area (Å²) in [6.45, 7) is 0. The molecule has 4 rings (SSSR count). The average Bonchev–Trinajstić information content (AvgIpc) is 3.40. The van der Waals surface area contributed by atoms with Gasteiger partial charge < -0.3 is 0 Å². The smallest absolute Gasteiger partial charge is 0.257 e. The Morgan fingerprint density at radius 3 is 2.43 bits per heavy atom. The Morgan fingerprint density at radius 2 is 1.80 bits per heavy atom. The Balaban J connectivity index is 1.43. The highest BCUT2D eigenvalue weighted by molar-refractivity contribution is 7.92. The van der Waals surface area contributed by atoms with Crippen molar-refractivity contribution in [2.24, 2.45) is 0 Å². The molecule has 0 atom stereocenters. The molecule has 11 heteroatoms. The van der Waals surface area contributed by atoms with Crippen molar-refractivity contribution in [3.63, 3.8) is 0 Å². The number of anilines is 2. The number of rotatable bonds is 6. The Bertz CT molecular complexity index is 1260. The first-order chi connectivity index (χ1) is 14.4. The largest absolute Gasteiger partial charge is 0.298 e. The fraction of sp³-hybridized carbons (Fsp3) is 0.0526. The molecule has 9 nitrogen and oxygen atoms in total. The number of hydrogen-bond donors (Lipinski definition) is 2. The van der Waals surface area contributed by atoms with Gasteiger partial charge in [0.15, 0.2) is 5.13 Å². The van der Waals surface area contributed by atoms with Crippen molar-refractivity contribution >= 4 is 38.1 Å². The van der Waals surface area contributed by atoms with E-state index in [2.05, 4.69) is 25.1 Å². The van der Waals surface area contributed by atoms with Crippen molar-refractivity contribution in [2.45, 2.75) is 0 Å². The molecule has 0 unspecified atom stereocenters. The molecule has 0 spiro atoms. The Kier molecular flexibility index (Phi) is 5.29. The van der Waals surface area contributed by atoms with Gasteiger partial charge in [-0.2, -0.15) is 5.10 Å². The first-order valence-corrected chi connectivity index (χ1v) is 11.4. The first kappa shape index (κ1) is 19.7. The van der Waals surface area contributed by atoms with Crippen LogP contribution in [0.4, 0.5) is 10.8 Å². The second-order valence-corrected chi connectivity index (χ2v) is 8.94. The highest BCUT2D eigenvalue weighted by Crippen LogP contribution is 2.26. The van der Waals surface area contributed by atoms with Crippen LogP contribution in [-0.2, 0) is 10.0 Å². The van der Waals surface area contributed by atoms with Crippen molar-refractivity contribution in [2.75, 3.05) is 16.3 Å². The topological polar surface area (TPSA) is 119 Å². The molecule has 0 bridgehead atoms. The van der Waals surface area contributed by atoms with Crippen LogP contribution >= 0.6 is 11.3 Å². The van der Waals surface area contributed by atoms with Crippen LogP contribution in [0.5, 0.6) is 0 Å². The van der Waals surface area contributed by atoms with Crippen LogP contribution in [0.15, 0.2) is 66.6 Å². The van der Waals surface area contributed by atoms with Gasteiger partial charge in [-0.05, 0) is 36.4 Å². The van der Waals surface area contributed by atoms with Crippen LogP contribution in [0.1, 0.15) is 10.4 Å². The third-order valence-corrected chi connectivity index (χ3v) is 5.39. The lowest BCUT2D eigenvalue weighted by molar-refractivity contribution is 0.102. The van der Waals surface area contributed by atoms with Gasteiger partial charge in [-0.15, -0.1) is 11.3 Å². The molecular weight excluding hydrogens is 424 g/mol. The quantitative estimate of drug-likeness (QED) is 0.476. The lowest BCUT2D eigenvalue weighted by atomic mass is 10.1. The standard InChI is InChI=1S/C19H16N6O3S2/c1-30(27,28)24-15-6-2-13(3-7-15)17-10-29-19(22-17)23-18(26)14-4-8-16(9-5-14)25-12-20-11-21-25/h2-12,24H,1H3,(H,22,23,26). The summed E-state index contributed by atoms with van der Waals surface area (Å²) in [5.41, 5.74) is 3.26. The number of amides is 1. The molecule has 2 heterocycles. The van der Waals surface area contributed by atoms with E-state index in [1.54, 1.807) is 59.5 Å². The number of benzene rings is 2. The predicted molar refractivity (Wildman–Crippen MR) is 115 cm³/mol. The zero-order chi connectivity index (χ0) is 21.1. The highest BCUT2D eigenvalue weighted by atomic mass is 32.2. The monoisotopic (exact) mass is 440 g/mol. The van der Waals surface area contributed by atoms with Crippen molar-refractivity contribution in [1.29, 1.82) is 0 Å². The van der Waals surface area contributed by atoms with E-state index in [9.17, 15) is 13.2 Å². The second kappa shape index (κ2) is 8.05. The van der Waals surface area contributed by atoms with Crippen molar-refractivity contribution in [3.05, 3.63) is 72.1 Å². The number of nitrogens with zero attached hydrogens (tertiary/aromatic N) is 4. The third kappa shape index (κ3) is 4.70. The molecule has 0 radical (unpaired) electrons. The first-order valence-electron chi connectivity index (χ1n) is 8.67. The molecule has 0 fully saturated rings. The van der Waals surface area contributed by atoms with Gasteiger partial charge in [-0.25, -0.2) is 23.1 Å². The zero-order valence-corrected chi connectivity index (χ0v) is 17.3. The van der Waals surface area contributed by atoms with Crippen molar-refractivity contribution in [3.8, 4) is 16.9 Å². The summed E-state index contributed by atoms with van der Waals surface area (Å²) in [4.78, 5) is 20.8. The van der Waals surface area contributed by atoms with Crippen LogP contribution in [0.25, 0.3) is 16.9 Å². The van der Waals surface area contributed by atoms with Crippen LogP contribution in [0.3, 0.4) is 0 Å². The molecule has 0 aliphatic rings. The summed E-state index contributed by atoms with van der Waals surface area (Å²) in [7, 11) is -3.32. The molecule has 0 aliphatic heterocycles. The van der Waals surface area contributed by atoms with E-state index >= 15 is 0 Å². The number of nitrogens with one attached hydrogen (secondary N) is 2. The highest BCUT2D eigenvalue weighted by Gasteiger charge is 2.11. The van der Waals surface area contributed by atoms with E-state index in [1.807, 2.05) is 5.38 Å². The van der Waals surface area contributed by atoms with Gasteiger partial charge in [0.25, 0.3) is 5.91 Å².